The summed E-state index contributed by atoms with van der Waals surface area (Å²) in [6.07, 6.45) is -0.832. The molecule has 3 aromatic rings. The molecule has 0 radical (unpaired) electrons. The maximum Gasteiger partial charge on any atom is 0.404 e. The maximum atomic E-state index is 11.2. The molecule has 0 unspecified atom stereocenters. The summed E-state index contributed by atoms with van der Waals surface area (Å²) in [7, 11) is 0. The van der Waals surface area contributed by atoms with Gasteiger partial charge in [0, 0.05) is 21.5 Å². The van der Waals surface area contributed by atoms with E-state index in [-0.39, 0.29) is 12.5 Å². The molecule has 30 heavy (non-hydrogen) atoms. The van der Waals surface area contributed by atoms with Gasteiger partial charge in [0.15, 0.2) is 6.61 Å². The van der Waals surface area contributed by atoms with Gasteiger partial charge in [0.05, 0.1) is 5.69 Å². The summed E-state index contributed by atoms with van der Waals surface area (Å²) in [6.45, 7) is 6.78. The van der Waals surface area contributed by atoms with E-state index < -0.39 is 6.09 Å². The largest absolute Gasteiger partial charge is 0.442 e. The van der Waals surface area contributed by atoms with Crippen LogP contribution in [0.2, 0.25) is 10.0 Å². The number of nitrogens with zero attached hydrogens (tertiary/aromatic N) is 2. The van der Waals surface area contributed by atoms with Crippen molar-refractivity contribution >= 4 is 41.1 Å². The van der Waals surface area contributed by atoms with Crippen LogP contribution in [0.4, 0.5) is 4.79 Å². The summed E-state index contributed by atoms with van der Waals surface area (Å²) >= 11 is 13.9. The van der Waals surface area contributed by atoms with E-state index in [0.29, 0.717) is 22.4 Å². The van der Waals surface area contributed by atoms with Crippen molar-refractivity contribution in [2.45, 2.75) is 49.8 Å². The highest BCUT2D eigenvalue weighted by atomic mass is 35.5. The predicted octanol–water partition coefficient (Wildman–Crippen LogP) is 6.42. The van der Waals surface area contributed by atoms with Crippen LogP contribution in [0.5, 0.6) is 0 Å². The number of hydrogen-bond acceptors (Lipinski definition) is 4. The zero-order valence-electron chi connectivity index (χ0n) is 17.0. The zero-order valence-corrected chi connectivity index (χ0v) is 19.3. The number of nitrogens with two attached hydrogens (primary N) is 1. The molecule has 0 atom stereocenters. The molecule has 1 aromatic heterocycles. The van der Waals surface area contributed by atoms with Gasteiger partial charge in [-0.15, -0.1) is 0 Å². The Morgan fingerprint density at radius 1 is 1.17 bits per heavy atom. The lowest BCUT2D eigenvalue weighted by molar-refractivity contribution is 0.145. The van der Waals surface area contributed by atoms with E-state index in [0.717, 1.165) is 21.2 Å². The highest BCUT2D eigenvalue weighted by Crippen LogP contribution is 2.37. The third-order valence-electron chi connectivity index (χ3n) is 4.43. The third kappa shape index (κ3) is 5.72. The first-order valence-electron chi connectivity index (χ1n) is 9.44. The monoisotopic (exact) mass is 463 g/mol. The molecule has 0 spiro atoms. The quantitative estimate of drug-likeness (QED) is 0.438. The normalized spacial score (nSPS) is 11.1. The van der Waals surface area contributed by atoms with E-state index in [1.807, 2.05) is 19.1 Å². The van der Waals surface area contributed by atoms with Crippen LogP contribution in [-0.4, -0.2) is 15.6 Å². The fraction of sp³-hybridized carbons (Fsp3) is 0.273. The summed E-state index contributed by atoms with van der Waals surface area (Å²) in [5, 5.41) is 2.09. The van der Waals surface area contributed by atoms with Gasteiger partial charge in [0.25, 0.3) is 0 Å². The number of hydrogen-bond donors (Lipinski definition) is 1. The number of aromatic nitrogens is 2. The van der Waals surface area contributed by atoms with Crippen LogP contribution >= 0.6 is 35.0 Å². The molecule has 0 aliphatic rings. The fourth-order valence-electron chi connectivity index (χ4n) is 2.97. The molecule has 0 saturated carbocycles. The highest BCUT2D eigenvalue weighted by Gasteiger charge is 2.22. The predicted molar refractivity (Wildman–Crippen MR) is 122 cm³/mol. The van der Waals surface area contributed by atoms with E-state index in [9.17, 15) is 4.79 Å². The van der Waals surface area contributed by atoms with Gasteiger partial charge in [-0.2, -0.15) is 0 Å². The van der Waals surface area contributed by atoms with Crippen molar-refractivity contribution in [3.8, 4) is 0 Å². The van der Waals surface area contributed by atoms with Gasteiger partial charge < -0.3 is 15.0 Å². The van der Waals surface area contributed by atoms with E-state index in [1.54, 1.807) is 6.07 Å². The lowest BCUT2D eigenvalue weighted by Gasteiger charge is -2.14. The number of carbonyl (C=O) groups excluding carboxylic acids is 1. The van der Waals surface area contributed by atoms with Crippen molar-refractivity contribution in [2.24, 2.45) is 5.73 Å². The molecule has 2 N–H and O–H groups in total. The van der Waals surface area contributed by atoms with Crippen LogP contribution in [0.15, 0.2) is 52.4 Å². The summed E-state index contributed by atoms with van der Waals surface area (Å²) < 4.78 is 7.12. The summed E-state index contributed by atoms with van der Waals surface area (Å²) in [5.41, 5.74) is 8.40. The van der Waals surface area contributed by atoms with Crippen LogP contribution in [0.25, 0.3) is 0 Å². The number of halogens is 2. The summed E-state index contributed by atoms with van der Waals surface area (Å²) in [4.78, 5) is 16.9. The number of benzene rings is 2. The van der Waals surface area contributed by atoms with E-state index in [2.05, 4.69) is 42.7 Å². The maximum absolute atomic E-state index is 11.2. The molecular weight excluding hydrogens is 441 g/mol. The molecule has 158 valence electrons. The second-order valence-electron chi connectivity index (χ2n) is 7.26. The highest BCUT2D eigenvalue weighted by molar-refractivity contribution is 7.99. The number of ether oxygens (including phenoxy) is 1. The Bertz CT molecular complexity index is 1030. The third-order valence-corrected chi connectivity index (χ3v) is 5.96. The number of primary amides is 1. The average Bonchev–Trinajstić information content (AvgIpc) is 2.98. The Labute approximate surface area is 190 Å². The van der Waals surface area contributed by atoms with E-state index >= 15 is 0 Å². The van der Waals surface area contributed by atoms with Crippen molar-refractivity contribution in [1.82, 2.24) is 9.55 Å². The Hall–Kier alpha value is -2.15. The van der Waals surface area contributed by atoms with Gasteiger partial charge in [0.2, 0.25) is 0 Å². The van der Waals surface area contributed by atoms with Crippen molar-refractivity contribution in [2.75, 3.05) is 0 Å². The molecular formula is C22H23Cl2N3O2S. The summed E-state index contributed by atoms with van der Waals surface area (Å²) in [6, 6.07) is 13.7. The van der Waals surface area contributed by atoms with E-state index in [4.69, 9.17) is 38.7 Å². The van der Waals surface area contributed by atoms with Gasteiger partial charge >= 0.3 is 6.09 Å². The van der Waals surface area contributed by atoms with Crippen molar-refractivity contribution < 1.29 is 9.53 Å². The molecule has 3 rings (SSSR count). The molecule has 0 saturated heterocycles. The molecule has 1 heterocycles. The lowest BCUT2D eigenvalue weighted by Crippen LogP contribution is -2.15. The average molecular weight is 464 g/mol. The number of carbonyl (C=O) groups is 1. The van der Waals surface area contributed by atoms with Crippen molar-refractivity contribution in [3.05, 3.63) is 75.2 Å². The molecule has 5 nitrogen and oxygen atoms in total. The van der Waals surface area contributed by atoms with Gasteiger partial charge in [-0.1, -0.05) is 78.6 Å². The standard InChI is InChI=1S/C22H23Cl2N3O2S/c1-13(2)20-21(30-18-9-16(23)8-17(24)10-18)27(19(26-20)12-29-22(25)28)11-15-6-4-14(3)5-7-15/h4-10,13H,11-12H2,1-3H3,(H2,25,28). The lowest BCUT2D eigenvalue weighted by atomic mass is 10.1. The molecule has 0 aliphatic heterocycles. The minimum Gasteiger partial charge on any atom is -0.442 e. The topological polar surface area (TPSA) is 70.1 Å². The van der Waals surface area contributed by atoms with Crippen LogP contribution in [0.3, 0.4) is 0 Å². The van der Waals surface area contributed by atoms with Crippen LogP contribution < -0.4 is 5.73 Å². The number of aryl methyl sites for hydroxylation is 1. The summed E-state index contributed by atoms with van der Waals surface area (Å²) in [5.74, 6) is 0.794. The van der Waals surface area contributed by atoms with Crippen LogP contribution in [0, 0.1) is 6.92 Å². The Morgan fingerprint density at radius 2 is 1.80 bits per heavy atom. The molecule has 0 fully saturated rings. The molecule has 8 heteroatoms. The Balaban J connectivity index is 2.08. The first kappa shape index (κ1) is 22.5. The van der Waals surface area contributed by atoms with Crippen molar-refractivity contribution in [3.63, 3.8) is 0 Å². The number of amides is 1. The SMILES string of the molecule is Cc1ccc(Cn2c(COC(N)=O)nc(C(C)C)c2Sc2cc(Cl)cc(Cl)c2)cc1. The van der Waals surface area contributed by atoms with E-state index in [1.165, 1.54) is 17.3 Å². The van der Waals surface area contributed by atoms with Gasteiger partial charge in [0.1, 0.15) is 10.9 Å². The second kappa shape index (κ2) is 9.77. The Morgan fingerprint density at radius 3 is 2.37 bits per heavy atom. The Kier molecular flexibility index (Phi) is 7.34. The van der Waals surface area contributed by atoms with Crippen LogP contribution in [-0.2, 0) is 17.9 Å². The first-order valence-corrected chi connectivity index (χ1v) is 11.0. The zero-order chi connectivity index (χ0) is 21.8. The molecule has 0 bridgehead atoms. The molecule has 2 aromatic carbocycles. The fourth-order valence-corrected chi connectivity index (χ4v) is 4.89. The second-order valence-corrected chi connectivity index (χ2v) is 9.19. The first-order chi connectivity index (χ1) is 14.2. The smallest absolute Gasteiger partial charge is 0.404 e. The van der Waals surface area contributed by atoms with Gasteiger partial charge in [-0.05, 0) is 36.6 Å². The van der Waals surface area contributed by atoms with Crippen LogP contribution in [0.1, 0.15) is 42.4 Å². The minimum atomic E-state index is -0.832. The van der Waals surface area contributed by atoms with Gasteiger partial charge in [-0.25, -0.2) is 9.78 Å². The van der Waals surface area contributed by atoms with Crippen molar-refractivity contribution in [1.29, 1.82) is 0 Å². The molecule has 0 aliphatic carbocycles. The molecule has 1 amide bonds. The number of rotatable bonds is 7. The minimum absolute atomic E-state index is 0.00221. The number of imidazole rings is 1. The van der Waals surface area contributed by atoms with Gasteiger partial charge in [-0.3, -0.25) is 0 Å².